The van der Waals surface area contributed by atoms with Crippen molar-refractivity contribution in [2.24, 2.45) is 11.7 Å². The van der Waals surface area contributed by atoms with Crippen LogP contribution in [0.1, 0.15) is 77.6 Å². The lowest BCUT2D eigenvalue weighted by Crippen LogP contribution is -2.51. The number of rotatable bonds is 12. The van der Waals surface area contributed by atoms with Crippen LogP contribution in [0.3, 0.4) is 0 Å². The van der Waals surface area contributed by atoms with E-state index < -0.39 is 12.1 Å². The van der Waals surface area contributed by atoms with Gasteiger partial charge in [0.1, 0.15) is 6.10 Å². The van der Waals surface area contributed by atoms with E-state index in [2.05, 4.69) is 12.3 Å². The van der Waals surface area contributed by atoms with Crippen LogP contribution >= 0.6 is 0 Å². The van der Waals surface area contributed by atoms with Gasteiger partial charge in [-0.1, -0.05) is 82.9 Å². The normalized spacial score (nSPS) is 17.1. The van der Waals surface area contributed by atoms with E-state index in [0.29, 0.717) is 12.5 Å². The minimum absolute atomic E-state index is 0.317. The monoisotopic (exact) mass is 389 g/mol. The Hall–Kier alpha value is -1.59. The molecule has 0 heterocycles. The van der Waals surface area contributed by atoms with Gasteiger partial charge in [-0.25, -0.2) is 0 Å². The number of aliphatic hydroxyl groups excluding tert-OH is 1. The molecule has 0 bridgehead atoms. The zero-order valence-corrected chi connectivity index (χ0v) is 17.5. The van der Waals surface area contributed by atoms with Gasteiger partial charge in [0, 0.05) is 12.6 Å². The van der Waals surface area contributed by atoms with Crippen LogP contribution in [0.2, 0.25) is 0 Å². The first-order chi connectivity index (χ1) is 13.6. The van der Waals surface area contributed by atoms with Crippen LogP contribution in [-0.4, -0.2) is 34.7 Å². The van der Waals surface area contributed by atoms with E-state index in [4.69, 9.17) is 5.73 Å². The first-order valence-corrected chi connectivity index (χ1v) is 11.2. The summed E-state index contributed by atoms with van der Waals surface area (Å²) in [6.45, 7) is 2.77. The van der Waals surface area contributed by atoms with Gasteiger partial charge in [-0.2, -0.15) is 0 Å². The molecule has 5 heteroatoms. The summed E-state index contributed by atoms with van der Waals surface area (Å²) in [5.41, 5.74) is 10.3. The van der Waals surface area contributed by atoms with E-state index >= 15 is 0 Å². The van der Waals surface area contributed by atoms with Gasteiger partial charge in [0.15, 0.2) is 0 Å². The molecule has 1 aromatic carbocycles. The number of carbonyl (C=O) groups is 1. The van der Waals surface area contributed by atoms with Gasteiger partial charge in [-0.05, 0) is 30.9 Å². The van der Waals surface area contributed by atoms with Crippen molar-refractivity contribution in [3.63, 3.8) is 0 Å². The minimum Gasteiger partial charge on any atom is -0.382 e. The summed E-state index contributed by atoms with van der Waals surface area (Å²) in [5.74, 6) is 0.221. The largest absolute Gasteiger partial charge is 0.382 e. The van der Waals surface area contributed by atoms with Crippen molar-refractivity contribution in [1.29, 1.82) is 0 Å². The number of aliphatic hydroxyl groups is 1. The van der Waals surface area contributed by atoms with Crippen molar-refractivity contribution in [2.75, 3.05) is 12.0 Å². The number of nitrogens with zero attached hydrogens (tertiary/aromatic N) is 1. The number of nitrogens with two attached hydrogens (primary N) is 1. The quantitative estimate of drug-likeness (QED) is 0.364. The fourth-order valence-electron chi connectivity index (χ4n) is 4.04. The molecule has 1 aromatic rings. The average molecular weight is 390 g/mol. The lowest BCUT2D eigenvalue weighted by molar-refractivity contribution is -0.140. The van der Waals surface area contributed by atoms with Crippen LogP contribution in [0.5, 0.6) is 0 Å². The Labute approximate surface area is 170 Å². The zero-order valence-electron chi connectivity index (χ0n) is 17.5. The SMILES string of the molecule is CCCCCCCN(Nc1ccccc1)C(=O)C(O)[C@H](N)CC1CCCCC1. The van der Waals surface area contributed by atoms with Gasteiger partial charge in [-0.3, -0.25) is 15.2 Å². The number of carbonyl (C=O) groups excluding carboxylic acids is 1. The molecule has 1 aliphatic rings. The van der Waals surface area contributed by atoms with Crippen molar-refractivity contribution in [3.05, 3.63) is 30.3 Å². The molecule has 1 aliphatic carbocycles. The molecule has 0 aromatic heterocycles. The Morgan fingerprint density at radius 1 is 1.14 bits per heavy atom. The molecule has 5 nitrogen and oxygen atoms in total. The molecule has 2 rings (SSSR count). The summed E-state index contributed by atoms with van der Waals surface area (Å²) in [6.07, 6.45) is 11.2. The van der Waals surface area contributed by atoms with Crippen LogP contribution in [0, 0.1) is 5.92 Å². The molecule has 2 atom stereocenters. The molecule has 0 saturated heterocycles. The fourth-order valence-corrected chi connectivity index (χ4v) is 4.04. The molecule has 1 amide bonds. The third kappa shape index (κ3) is 7.80. The Morgan fingerprint density at radius 3 is 2.50 bits per heavy atom. The summed E-state index contributed by atoms with van der Waals surface area (Å²) in [4.78, 5) is 13.0. The Morgan fingerprint density at radius 2 is 1.82 bits per heavy atom. The lowest BCUT2D eigenvalue weighted by atomic mass is 9.84. The van der Waals surface area contributed by atoms with E-state index in [1.807, 2.05) is 30.3 Å². The van der Waals surface area contributed by atoms with Crippen molar-refractivity contribution >= 4 is 11.6 Å². The number of hydrazine groups is 1. The van der Waals surface area contributed by atoms with Gasteiger partial charge in [-0.15, -0.1) is 0 Å². The van der Waals surface area contributed by atoms with Crippen LogP contribution in [-0.2, 0) is 4.79 Å². The third-order valence-electron chi connectivity index (χ3n) is 5.78. The molecule has 0 aliphatic heterocycles. The highest BCUT2D eigenvalue weighted by Crippen LogP contribution is 2.27. The van der Waals surface area contributed by atoms with Crippen LogP contribution in [0.15, 0.2) is 30.3 Å². The van der Waals surface area contributed by atoms with Crippen molar-refractivity contribution in [1.82, 2.24) is 5.01 Å². The van der Waals surface area contributed by atoms with E-state index in [1.165, 1.54) is 38.5 Å². The number of benzene rings is 1. The summed E-state index contributed by atoms with van der Waals surface area (Å²) < 4.78 is 0. The zero-order chi connectivity index (χ0) is 20.2. The number of anilines is 1. The highest BCUT2D eigenvalue weighted by molar-refractivity contribution is 5.82. The summed E-state index contributed by atoms with van der Waals surface area (Å²) >= 11 is 0. The molecular weight excluding hydrogens is 350 g/mol. The maximum absolute atomic E-state index is 13.0. The van der Waals surface area contributed by atoms with E-state index in [1.54, 1.807) is 5.01 Å². The maximum Gasteiger partial charge on any atom is 0.271 e. The first kappa shape index (κ1) is 22.7. The standard InChI is InChI=1S/C23H39N3O2/c1-2-3-4-5-12-17-26(25-20-15-10-7-11-16-20)23(28)22(27)21(24)18-19-13-8-6-9-14-19/h7,10-11,15-16,19,21-22,25,27H,2-6,8-9,12-14,17-18,24H2,1H3/t21-,22?/m1/s1. The molecule has 158 valence electrons. The van der Waals surface area contributed by atoms with Crippen LogP contribution in [0.4, 0.5) is 5.69 Å². The third-order valence-corrected chi connectivity index (χ3v) is 5.78. The number of hydrogen-bond donors (Lipinski definition) is 3. The van der Waals surface area contributed by atoms with Gasteiger partial charge in [0.05, 0.1) is 5.69 Å². The Balaban J connectivity index is 1.92. The molecule has 28 heavy (non-hydrogen) atoms. The molecule has 1 fully saturated rings. The second-order valence-electron chi connectivity index (χ2n) is 8.23. The second-order valence-corrected chi connectivity index (χ2v) is 8.23. The molecule has 1 unspecified atom stereocenters. The summed E-state index contributed by atoms with van der Waals surface area (Å²) in [7, 11) is 0. The van der Waals surface area contributed by atoms with E-state index in [-0.39, 0.29) is 5.91 Å². The number of amides is 1. The maximum atomic E-state index is 13.0. The summed E-state index contributed by atoms with van der Waals surface area (Å²) in [6, 6.07) is 9.14. The van der Waals surface area contributed by atoms with E-state index in [0.717, 1.165) is 37.8 Å². The van der Waals surface area contributed by atoms with Gasteiger partial charge in [0.25, 0.3) is 5.91 Å². The first-order valence-electron chi connectivity index (χ1n) is 11.2. The molecule has 0 radical (unpaired) electrons. The van der Waals surface area contributed by atoms with Crippen LogP contribution < -0.4 is 11.2 Å². The fraction of sp³-hybridized carbons (Fsp3) is 0.696. The number of unbranched alkanes of at least 4 members (excludes halogenated alkanes) is 4. The number of hydrogen-bond acceptors (Lipinski definition) is 4. The van der Waals surface area contributed by atoms with Gasteiger partial charge >= 0.3 is 0 Å². The van der Waals surface area contributed by atoms with E-state index in [9.17, 15) is 9.90 Å². The molecule has 0 spiro atoms. The number of para-hydroxylation sites is 1. The highest BCUT2D eigenvalue weighted by atomic mass is 16.3. The van der Waals surface area contributed by atoms with Gasteiger partial charge < -0.3 is 10.8 Å². The van der Waals surface area contributed by atoms with Gasteiger partial charge in [0.2, 0.25) is 0 Å². The topological polar surface area (TPSA) is 78.6 Å². The summed E-state index contributed by atoms with van der Waals surface area (Å²) in [5, 5.41) is 12.2. The van der Waals surface area contributed by atoms with Crippen molar-refractivity contribution in [2.45, 2.75) is 89.7 Å². The smallest absolute Gasteiger partial charge is 0.271 e. The van der Waals surface area contributed by atoms with Crippen molar-refractivity contribution in [3.8, 4) is 0 Å². The van der Waals surface area contributed by atoms with Crippen LogP contribution in [0.25, 0.3) is 0 Å². The molecule has 4 N–H and O–H groups in total. The van der Waals surface area contributed by atoms with Crippen molar-refractivity contribution < 1.29 is 9.90 Å². The predicted octanol–water partition coefficient (Wildman–Crippen LogP) is 4.47. The lowest BCUT2D eigenvalue weighted by Gasteiger charge is -2.31. The second kappa shape index (κ2) is 12.8. The minimum atomic E-state index is -1.16. The predicted molar refractivity (Wildman–Crippen MR) is 116 cm³/mol. The molecular formula is C23H39N3O2. The average Bonchev–Trinajstić information content (AvgIpc) is 2.73. The molecule has 1 saturated carbocycles. The highest BCUT2D eigenvalue weighted by Gasteiger charge is 2.30. The number of nitrogens with one attached hydrogen (secondary N) is 1. The Bertz CT molecular complexity index is 546. The Kier molecular flexibility index (Phi) is 10.4.